The zero-order valence-corrected chi connectivity index (χ0v) is 12.5. The van der Waals surface area contributed by atoms with Crippen LogP contribution in [0.25, 0.3) is 0 Å². The number of nitrogens with zero attached hydrogens (tertiary/aromatic N) is 1. The lowest BCUT2D eigenvalue weighted by Gasteiger charge is -2.08. The van der Waals surface area contributed by atoms with Crippen molar-refractivity contribution in [1.29, 1.82) is 0 Å². The summed E-state index contributed by atoms with van der Waals surface area (Å²) in [6.07, 6.45) is 0.540. The van der Waals surface area contributed by atoms with Crippen LogP contribution in [0.4, 0.5) is 15.8 Å². The Balaban J connectivity index is 2.05. The molecule has 0 aliphatic heterocycles. The molecule has 0 bridgehead atoms. The Kier molecular flexibility index (Phi) is 5.24. The average molecular weight is 317 g/mol. The van der Waals surface area contributed by atoms with Crippen LogP contribution < -0.4 is 10.6 Å². The number of amides is 1. The van der Waals surface area contributed by atoms with Gasteiger partial charge in [0.2, 0.25) is 5.82 Å². The second-order valence-electron chi connectivity index (χ2n) is 4.85. The molecule has 0 heterocycles. The second-order valence-corrected chi connectivity index (χ2v) is 4.85. The van der Waals surface area contributed by atoms with Crippen LogP contribution >= 0.6 is 0 Å². The van der Waals surface area contributed by atoms with E-state index in [1.54, 1.807) is 25.2 Å². The van der Waals surface area contributed by atoms with Gasteiger partial charge in [-0.25, -0.2) is 0 Å². The van der Waals surface area contributed by atoms with Crippen molar-refractivity contribution >= 4 is 17.3 Å². The molecule has 0 aliphatic carbocycles. The Labute approximate surface area is 132 Å². The smallest absolute Gasteiger partial charge is 0.327 e. The highest BCUT2D eigenvalue weighted by atomic mass is 19.1. The van der Waals surface area contributed by atoms with Crippen molar-refractivity contribution in [2.75, 3.05) is 18.9 Å². The number of hydrogen-bond acceptors (Lipinski definition) is 4. The van der Waals surface area contributed by atoms with Crippen LogP contribution in [-0.2, 0) is 6.42 Å². The Morgan fingerprint density at radius 3 is 2.70 bits per heavy atom. The van der Waals surface area contributed by atoms with Crippen molar-refractivity contribution in [3.05, 3.63) is 69.5 Å². The van der Waals surface area contributed by atoms with Crippen molar-refractivity contribution in [1.82, 2.24) is 5.32 Å². The third-order valence-corrected chi connectivity index (χ3v) is 3.31. The van der Waals surface area contributed by atoms with Gasteiger partial charge in [-0.2, -0.15) is 4.39 Å². The predicted octanol–water partition coefficient (Wildman–Crippen LogP) is 2.75. The number of benzene rings is 2. The summed E-state index contributed by atoms with van der Waals surface area (Å²) in [6.45, 7) is 0.376. The highest BCUT2D eigenvalue weighted by Crippen LogP contribution is 2.27. The lowest BCUT2D eigenvalue weighted by Crippen LogP contribution is -2.18. The highest BCUT2D eigenvalue weighted by molar-refractivity contribution is 5.94. The number of para-hydroxylation sites is 1. The molecule has 0 radical (unpaired) electrons. The predicted molar refractivity (Wildman–Crippen MR) is 85.1 cm³/mol. The number of nitrogens with one attached hydrogen (secondary N) is 2. The molecule has 7 heteroatoms. The van der Waals surface area contributed by atoms with Crippen LogP contribution in [0.3, 0.4) is 0 Å². The lowest BCUT2D eigenvalue weighted by molar-refractivity contribution is -0.386. The first kappa shape index (κ1) is 16.4. The normalized spacial score (nSPS) is 10.2. The van der Waals surface area contributed by atoms with E-state index in [0.29, 0.717) is 18.5 Å². The Bertz CT molecular complexity index is 734. The first-order chi connectivity index (χ1) is 11.0. The Morgan fingerprint density at radius 2 is 2.00 bits per heavy atom. The minimum atomic E-state index is -0.874. The van der Waals surface area contributed by atoms with E-state index < -0.39 is 16.4 Å². The van der Waals surface area contributed by atoms with E-state index in [1.807, 2.05) is 6.07 Å². The molecular weight excluding hydrogens is 301 g/mol. The lowest BCUT2D eigenvalue weighted by atomic mass is 10.1. The highest BCUT2D eigenvalue weighted by Gasteiger charge is 2.19. The molecule has 1 amide bonds. The van der Waals surface area contributed by atoms with Gasteiger partial charge < -0.3 is 10.6 Å². The molecule has 0 aromatic heterocycles. The standard InChI is InChI=1S/C16H16FN3O3/c1-18-16(21)12-5-2-4-11(10-12)8-9-19-14-7-3-6-13(17)15(14)20(22)23/h2-7,10,19H,8-9H2,1H3,(H,18,21). The average Bonchev–Trinajstić information content (AvgIpc) is 2.54. The summed E-state index contributed by atoms with van der Waals surface area (Å²) in [5.74, 6) is -1.05. The third-order valence-electron chi connectivity index (χ3n) is 3.31. The van der Waals surface area contributed by atoms with E-state index in [4.69, 9.17) is 0 Å². The summed E-state index contributed by atoms with van der Waals surface area (Å²) in [6, 6.07) is 11.0. The number of nitro benzene ring substituents is 1. The van der Waals surface area contributed by atoms with Gasteiger partial charge in [0.25, 0.3) is 5.91 Å². The molecule has 2 N–H and O–H groups in total. The molecule has 0 spiro atoms. The molecule has 0 saturated heterocycles. The Hall–Kier alpha value is -2.96. The van der Waals surface area contributed by atoms with E-state index >= 15 is 0 Å². The fourth-order valence-corrected chi connectivity index (χ4v) is 2.20. The largest absolute Gasteiger partial charge is 0.379 e. The Morgan fingerprint density at radius 1 is 1.26 bits per heavy atom. The van der Waals surface area contributed by atoms with Crippen LogP contribution in [0.2, 0.25) is 0 Å². The van der Waals surface area contributed by atoms with Gasteiger partial charge in [0, 0.05) is 19.2 Å². The van der Waals surface area contributed by atoms with Crippen LogP contribution in [0, 0.1) is 15.9 Å². The van der Waals surface area contributed by atoms with Crippen molar-refractivity contribution in [3.8, 4) is 0 Å². The van der Waals surface area contributed by atoms with Crippen molar-refractivity contribution < 1.29 is 14.1 Å². The zero-order valence-electron chi connectivity index (χ0n) is 12.5. The molecule has 0 saturated carbocycles. The quantitative estimate of drug-likeness (QED) is 0.634. The van der Waals surface area contributed by atoms with Gasteiger partial charge in [-0.1, -0.05) is 18.2 Å². The minimum absolute atomic E-state index is 0.137. The molecule has 6 nitrogen and oxygen atoms in total. The van der Waals surface area contributed by atoms with Gasteiger partial charge in [0.05, 0.1) is 4.92 Å². The zero-order chi connectivity index (χ0) is 16.8. The number of carbonyl (C=O) groups excluding carboxylic acids is 1. The molecule has 0 aliphatic rings. The molecule has 2 aromatic rings. The van der Waals surface area contributed by atoms with E-state index in [1.165, 1.54) is 12.1 Å². The monoisotopic (exact) mass is 317 g/mol. The van der Waals surface area contributed by atoms with Crippen molar-refractivity contribution in [2.45, 2.75) is 6.42 Å². The molecule has 0 fully saturated rings. The van der Waals surface area contributed by atoms with Gasteiger partial charge in [-0.05, 0) is 36.2 Å². The van der Waals surface area contributed by atoms with Gasteiger partial charge in [0.15, 0.2) is 0 Å². The maximum Gasteiger partial charge on any atom is 0.327 e. The van der Waals surface area contributed by atoms with Crippen molar-refractivity contribution in [2.24, 2.45) is 0 Å². The molecule has 2 aromatic carbocycles. The molecule has 120 valence electrons. The van der Waals surface area contributed by atoms with Crippen LogP contribution in [0.5, 0.6) is 0 Å². The maximum absolute atomic E-state index is 13.5. The summed E-state index contributed by atoms with van der Waals surface area (Å²) in [7, 11) is 1.56. The number of anilines is 1. The summed E-state index contributed by atoms with van der Waals surface area (Å²) < 4.78 is 13.5. The third kappa shape index (κ3) is 4.03. The van der Waals surface area contributed by atoms with Crippen LogP contribution in [0.15, 0.2) is 42.5 Å². The maximum atomic E-state index is 13.5. The summed E-state index contributed by atoms with van der Waals surface area (Å²) in [5, 5.41) is 16.3. The van der Waals surface area contributed by atoms with Gasteiger partial charge in [-0.15, -0.1) is 0 Å². The van der Waals surface area contributed by atoms with Crippen LogP contribution in [0.1, 0.15) is 15.9 Å². The molecule has 23 heavy (non-hydrogen) atoms. The van der Waals surface area contributed by atoms with E-state index in [-0.39, 0.29) is 11.6 Å². The number of halogens is 1. The number of rotatable bonds is 6. The molecule has 0 atom stereocenters. The van der Waals surface area contributed by atoms with Gasteiger partial charge in [-0.3, -0.25) is 14.9 Å². The second kappa shape index (κ2) is 7.35. The summed E-state index contributed by atoms with van der Waals surface area (Å²) in [5.41, 5.74) is 1.02. The first-order valence-electron chi connectivity index (χ1n) is 7.00. The number of nitro groups is 1. The van der Waals surface area contributed by atoms with Crippen LogP contribution in [-0.4, -0.2) is 24.4 Å². The molecule has 2 rings (SSSR count). The summed E-state index contributed by atoms with van der Waals surface area (Å²) >= 11 is 0. The topological polar surface area (TPSA) is 84.3 Å². The number of carbonyl (C=O) groups is 1. The fraction of sp³-hybridized carbons (Fsp3) is 0.188. The van der Waals surface area contributed by atoms with Gasteiger partial charge in [0.1, 0.15) is 5.69 Å². The fourth-order valence-electron chi connectivity index (χ4n) is 2.20. The van der Waals surface area contributed by atoms with Crippen molar-refractivity contribution in [3.63, 3.8) is 0 Å². The molecule has 0 unspecified atom stereocenters. The summed E-state index contributed by atoms with van der Waals surface area (Å²) in [4.78, 5) is 21.7. The van der Waals surface area contributed by atoms with E-state index in [9.17, 15) is 19.3 Å². The van der Waals surface area contributed by atoms with E-state index in [2.05, 4.69) is 10.6 Å². The van der Waals surface area contributed by atoms with E-state index in [0.717, 1.165) is 11.6 Å². The first-order valence-corrected chi connectivity index (χ1v) is 7.00. The SMILES string of the molecule is CNC(=O)c1cccc(CCNc2cccc(F)c2[N+](=O)[O-])c1. The minimum Gasteiger partial charge on any atom is -0.379 e. The number of hydrogen-bond donors (Lipinski definition) is 2. The van der Waals surface area contributed by atoms with Gasteiger partial charge >= 0.3 is 5.69 Å². The molecular formula is C16H16FN3O3.